The molecule has 10 heteroatoms. The fourth-order valence-electron chi connectivity index (χ4n) is 3.89. The number of aromatic nitrogens is 4. The van der Waals surface area contributed by atoms with Crippen molar-refractivity contribution >= 4 is 38.4 Å². The molecule has 1 aliphatic carbocycles. The van der Waals surface area contributed by atoms with Gasteiger partial charge >= 0.3 is 6.36 Å². The van der Waals surface area contributed by atoms with Crippen molar-refractivity contribution < 1.29 is 17.9 Å². The molecule has 2 N–H and O–H groups in total. The minimum atomic E-state index is -4.57. The van der Waals surface area contributed by atoms with E-state index in [-0.39, 0.29) is 6.04 Å². The molecule has 5 rings (SSSR count). The number of fused-ring (bicyclic) bond motifs is 2. The molecule has 0 radical (unpaired) electrons. The smallest absolute Gasteiger partial charge is 0.351 e. The molecule has 0 unspecified atom stereocenters. The summed E-state index contributed by atoms with van der Waals surface area (Å²) < 4.78 is 42.4. The molecule has 0 atom stereocenters. The van der Waals surface area contributed by atoms with E-state index in [0.29, 0.717) is 37.3 Å². The van der Waals surface area contributed by atoms with Crippen LogP contribution in [0.5, 0.6) is 0 Å². The molecule has 4 heterocycles. The van der Waals surface area contributed by atoms with Gasteiger partial charge in [-0.1, -0.05) is 0 Å². The molecule has 4 aromatic heterocycles. The number of nitrogens with zero attached hydrogens (tertiary/aromatic N) is 3. The number of rotatable bonds is 4. The molecular weight excluding hydrogens is 415 g/mol. The van der Waals surface area contributed by atoms with E-state index in [1.165, 1.54) is 4.70 Å². The maximum absolute atomic E-state index is 12.4. The maximum atomic E-state index is 12.4. The van der Waals surface area contributed by atoms with Crippen LogP contribution in [0.25, 0.3) is 31.6 Å². The Kier molecular flexibility index (Phi) is 4.82. The highest BCUT2D eigenvalue weighted by molar-refractivity contribution is 7.22. The highest BCUT2D eigenvalue weighted by Crippen LogP contribution is 2.36. The van der Waals surface area contributed by atoms with Gasteiger partial charge in [0.2, 0.25) is 5.95 Å². The summed E-state index contributed by atoms with van der Waals surface area (Å²) >= 11 is 1.68. The molecule has 0 spiro atoms. The second kappa shape index (κ2) is 7.51. The van der Waals surface area contributed by atoms with Gasteiger partial charge in [0, 0.05) is 56.7 Å². The van der Waals surface area contributed by atoms with E-state index < -0.39 is 12.5 Å². The quantitative estimate of drug-likeness (QED) is 0.445. The number of hydrogen-bond acceptors (Lipinski definition) is 6. The van der Waals surface area contributed by atoms with Crippen molar-refractivity contribution in [2.75, 3.05) is 5.32 Å². The lowest BCUT2D eigenvalue weighted by molar-refractivity contribution is -0.345. The number of alkyl halides is 3. The lowest BCUT2D eigenvalue weighted by Crippen LogP contribution is -2.33. The molecular formula is C20H18F3N5OS. The van der Waals surface area contributed by atoms with Gasteiger partial charge in [0.1, 0.15) is 5.65 Å². The molecule has 0 saturated heterocycles. The van der Waals surface area contributed by atoms with E-state index in [2.05, 4.69) is 36.1 Å². The van der Waals surface area contributed by atoms with Gasteiger partial charge in [0.25, 0.3) is 0 Å². The van der Waals surface area contributed by atoms with Crippen LogP contribution >= 0.6 is 11.3 Å². The van der Waals surface area contributed by atoms with Gasteiger partial charge in [-0.2, -0.15) is 4.98 Å². The summed E-state index contributed by atoms with van der Waals surface area (Å²) in [6.45, 7) is 0. The Hall–Kier alpha value is -2.72. The number of pyridine rings is 1. The molecule has 30 heavy (non-hydrogen) atoms. The van der Waals surface area contributed by atoms with E-state index in [1.807, 2.05) is 18.5 Å². The summed E-state index contributed by atoms with van der Waals surface area (Å²) in [6, 6.07) is 4.12. The van der Waals surface area contributed by atoms with Gasteiger partial charge in [0.15, 0.2) is 0 Å². The third kappa shape index (κ3) is 3.97. The molecule has 1 fully saturated rings. The predicted molar refractivity (Wildman–Crippen MR) is 109 cm³/mol. The van der Waals surface area contributed by atoms with Gasteiger partial charge in [-0.05, 0) is 37.8 Å². The second-order valence-corrected chi connectivity index (χ2v) is 8.45. The Morgan fingerprint density at radius 1 is 1.17 bits per heavy atom. The van der Waals surface area contributed by atoms with Crippen molar-refractivity contribution in [3.63, 3.8) is 0 Å². The third-order valence-electron chi connectivity index (χ3n) is 5.32. The zero-order chi connectivity index (χ0) is 20.7. The van der Waals surface area contributed by atoms with E-state index in [1.54, 1.807) is 23.7 Å². The number of anilines is 1. The monoisotopic (exact) mass is 433 g/mol. The van der Waals surface area contributed by atoms with Gasteiger partial charge in [-0.15, -0.1) is 24.5 Å². The van der Waals surface area contributed by atoms with E-state index in [0.717, 1.165) is 21.2 Å². The van der Waals surface area contributed by atoms with Gasteiger partial charge in [-0.3, -0.25) is 9.72 Å². The van der Waals surface area contributed by atoms with Gasteiger partial charge in [-0.25, -0.2) is 4.98 Å². The van der Waals surface area contributed by atoms with Crippen molar-refractivity contribution in [2.24, 2.45) is 0 Å². The average Bonchev–Trinajstić information content (AvgIpc) is 3.31. The lowest BCUT2D eigenvalue weighted by Gasteiger charge is -2.29. The summed E-state index contributed by atoms with van der Waals surface area (Å²) in [5.74, 6) is 0.469. The molecule has 0 bridgehead atoms. The topological polar surface area (TPSA) is 75.7 Å². The molecule has 1 saturated carbocycles. The van der Waals surface area contributed by atoms with Gasteiger partial charge in [0.05, 0.1) is 6.10 Å². The van der Waals surface area contributed by atoms with Crippen LogP contribution in [-0.4, -0.2) is 38.4 Å². The summed E-state index contributed by atoms with van der Waals surface area (Å²) in [5.41, 5.74) is 1.75. The zero-order valence-electron chi connectivity index (χ0n) is 15.7. The number of nitrogens with one attached hydrogen (secondary N) is 2. The zero-order valence-corrected chi connectivity index (χ0v) is 16.6. The summed E-state index contributed by atoms with van der Waals surface area (Å²) in [5, 5.41) is 5.25. The highest BCUT2D eigenvalue weighted by atomic mass is 32.1. The lowest BCUT2D eigenvalue weighted by atomic mass is 9.93. The Balaban J connectivity index is 1.30. The Morgan fingerprint density at radius 3 is 2.77 bits per heavy atom. The Bertz CT molecular complexity index is 1150. The third-order valence-corrected chi connectivity index (χ3v) is 6.47. The van der Waals surface area contributed by atoms with Crippen LogP contribution < -0.4 is 5.32 Å². The van der Waals surface area contributed by atoms with Crippen LogP contribution in [0.3, 0.4) is 0 Å². The minimum Gasteiger partial charge on any atom is -0.351 e. The Morgan fingerprint density at radius 2 is 2.00 bits per heavy atom. The van der Waals surface area contributed by atoms with Crippen LogP contribution in [0.1, 0.15) is 25.7 Å². The number of ether oxygens (including phenoxy) is 1. The fourth-order valence-corrected chi connectivity index (χ4v) is 4.95. The summed E-state index contributed by atoms with van der Waals surface area (Å²) in [6.07, 6.45) is 3.84. The van der Waals surface area contributed by atoms with E-state index in [4.69, 9.17) is 0 Å². The first-order valence-electron chi connectivity index (χ1n) is 9.64. The molecule has 1 aliphatic rings. The first kappa shape index (κ1) is 19.3. The summed E-state index contributed by atoms with van der Waals surface area (Å²) in [7, 11) is 0. The molecule has 0 amide bonds. The van der Waals surface area contributed by atoms with Crippen LogP contribution in [0.2, 0.25) is 0 Å². The first-order chi connectivity index (χ1) is 14.4. The number of aromatic amines is 1. The molecule has 156 valence electrons. The predicted octanol–water partition coefficient (Wildman–Crippen LogP) is 5.49. The SMILES string of the molecule is FC(F)(F)O[C@H]1CC[C@@H](Nc2ncc3c(-c4cc5cnccc5s4)c[nH]c3n2)CC1. The normalized spacial score (nSPS) is 20.1. The van der Waals surface area contributed by atoms with Crippen LogP contribution in [-0.2, 0) is 4.74 Å². The molecule has 0 aliphatic heterocycles. The van der Waals surface area contributed by atoms with Crippen LogP contribution in [0.4, 0.5) is 19.1 Å². The Labute approximate surface area is 173 Å². The molecule has 0 aromatic carbocycles. The van der Waals surface area contributed by atoms with Crippen molar-refractivity contribution in [3.8, 4) is 10.4 Å². The number of halogens is 3. The van der Waals surface area contributed by atoms with Crippen molar-refractivity contribution in [1.82, 2.24) is 19.9 Å². The number of thiophene rings is 1. The standard InChI is InChI=1S/C20H18F3N5OS/c21-20(22,23)29-13-3-1-12(2-4-13)27-19-26-10-15-14(9-25-18(15)28-19)17-7-11-8-24-6-5-16(11)30-17/h5-10,12-13H,1-4H2,(H2,25,26,27,28)/t12-,13+. The fraction of sp³-hybridized carbons (Fsp3) is 0.350. The second-order valence-electron chi connectivity index (χ2n) is 7.36. The van der Waals surface area contributed by atoms with Gasteiger partial charge < -0.3 is 10.3 Å². The maximum Gasteiger partial charge on any atom is 0.522 e. The molecule has 6 nitrogen and oxygen atoms in total. The number of hydrogen-bond donors (Lipinski definition) is 2. The first-order valence-corrected chi connectivity index (χ1v) is 10.5. The summed E-state index contributed by atoms with van der Waals surface area (Å²) in [4.78, 5) is 17.4. The van der Waals surface area contributed by atoms with Crippen molar-refractivity contribution in [3.05, 3.63) is 36.9 Å². The van der Waals surface area contributed by atoms with E-state index >= 15 is 0 Å². The minimum absolute atomic E-state index is 0.0278. The van der Waals surface area contributed by atoms with Crippen molar-refractivity contribution in [2.45, 2.75) is 44.2 Å². The van der Waals surface area contributed by atoms with Crippen LogP contribution in [0.15, 0.2) is 36.9 Å². The average molecular weight is 433 g/mol. The van der Waals surface area contributed by atoms with E-state index in [9.17, 15) is 13.2 Å². The molecule has 4 aromatic rings. The van der Waals surface area contributed by atoms with Crippen molar-refractivity contribution in [1.29, 1.82) is 0 Å². The highest BCUT2D eigenvalue weighted by Gasteiger charge is 2.35. The van der Waals surface area contributed by atoms with Crippen LogP contribution in [0, 0.1) is 0 Å². The number of H-pyrrole nitrogens is 1. The largest absolute Gasteiger partial charge is 0.522 e.